The van der Waals surface area contributed by atoms with Crippen molar-refractivity contribution in [1.29, 1.82) is 0 Å². The minimum atomic E-state index is -3.70. The zero-order valence-corrected chi connectivity index (χ0v) is 15.9. The molecule has 8 nitrogen and oxygen atoms in total. The van der Waals surface area contributed by atoms with Gasteiger partial charge in [0.15, 0.2) is 0 Å². The maximum Gasteiger partial charge on any atom is 0.293 e. The van der Waals surface area contributed by atoms with Gasteiger partial charge in [-0.25, -0.2) is 8.42 Å². The number of benzene rings is 1. The molecule has 1 aromatic carbocycles. The summed E-state index contributed by atoms with van der Waals surface area (Å²) < 4.78 is 27.0. The van der Waals surface area contributed by atoms with E-state index in [0.717, 1.165) is 25.9 Å². The van der Waals surface area contributed by atoms with Crippen molar-refractivity contribution in [3.63, 3.8) is 0 Å². The lowest BCUT2D eigenvalue weighted by molar-refractivity contribution is -0.883. The van der Waals surface area contributed by atoms with Gasteiger partial charge in [0, 0.05) is 19.7 Å². The number of nitrogens with one attached hydrogen (secondary N) is 1. The Morgan fingerprint density at radius 1 is 1.32 bits per heavy atom. The fourth-order valence-corrected chi connectivity index (χ4v) is 4.37. The van der Waals surface area contributed by atoms with Crippen LogP contribution < -0.4 is 9.80 Å². The van der Waals surface area contributed by atoms with E-state index in [4.69, 9.17) is 0 Å². The molecule has 1 aliphatic heterocycles. The summed E-state index contributed by atoms with van der Waals surface area (Å²) in [4.78, 5) is 14.0. The van der Waals surface area contributed by atoms with Crippen LogP contribution in [0.1, 0.15) is 19.8 Å². The molecule has 0 spiro atoms. The Hall–Kier alpha value is -1.71. The highest BCUT2D eigenvalue weighted by Gasteiger charge is 2.31. The van der Waals surface area contributed by atoms with Crippen molar-refractivity contribution in [3.8, 4) is 0 Å². The largest absolute Gasteiger partial charge is 0.369 e. The predicted octanol–water partition coefficient (Wildman–Crippen LogP) is 0.350. The second-order valence-electron chi connectivity index (χ2n) is 6.54. The van der Waals surface area contributed by atoms with Crippen LogP contribution in [0.2, 0.25) is 0 Å². The van der Waals surface area contributed by atoms with Crippen LogP contribution in [0.15, 0.2) is 23.1 Å². The van der Waals surface area contributed by atoms with Crippen LogP contribution in [0.4, 0.5) is 11.4 Å². The summed E-state index contributed by atoms with van der Waals surface area (Å²) in [5.41, 5.74) is 0.277. The van der Waals surface area contributed by atoms with E-state index in [9.17, 15) is 18.5 Å². The number of piperazine rings is 1. The van der Waals surface area contributed by atoms with E-state index >= 15 is 0 Å². The molecule has 0 unspecified atom stereocenters. The van der Waals surface area contributed by atoms with Gasteiger partial charge in [-0.3, -0.25) is 10.1 Å². The number of nitro groups is 1. The molecule has 1 N–H and O–H groups in total. The molecule has 0 atom stereocenters. The van der Waals surface area contributed by atoms with Gasteiger partial charge in [0.25, 0.3) is 5.69 Å². The maximum atomic E-state index is 12.8. The number of rotatable bonds is 7. The first-order valence-corrected chi connectivity index (χ1v) is 10.0. The molecule has 1 aliphatic rings. The summed E-state index contributed by atoms with van der Waals surface area (Å²) in [6, 6.07) is 4.21. The molecule has 1 aromatic rings. The SMILES string of the molecule is CCCCN(C)c1ccc(S(=O)(=O)N2CC[NH+](C)CC2)cc1[N+](=O)[O-]. The molecule has 0 bridgehead atoms. The number of nitro benzene ring substituents is 1. The van der Waals surface area contributed by atoms with Crippen molar-refractivity contribution >= 4 is 21.4 Å². The standard InChI is InChI=1S/C16H26N4O4S/c1-4-5-8-18(3)15-7-6-14(13-16(15)20(21)22)25(23,24)19-11-9-17(2)10-12-19/h6-7,13H,4-5,8-12H2,1-3H3/p+1. The number of hydrogen-bond acceptors (Lipinski definition) is 5. The van der Waals surface area contributed by atoms with Gasteiger partial charge in [-0.15, -0.1) is 0 Å². The molecular weight excluding hydrogens is 344 g/mol. The summed E-state index contributed by atoms with van der Waals surface area (Å²) in [6.07, 6.45) is 1.90. The predicted molar refractivity (Wildman–Crippen MR) is 96.7 cm³/mol. The number of likely N-dealkylation sites (N-methyl/N-ethyl adjacent to an activating group) is 1. The zero-order chi connectivity index (χ0) is 18.6. The molecule has 2 rings (SSSR count). The van der Waals surface area contributed by atoms with Crippen LogP contribution in [0.25, 0.3) is 0 Å². The monoisotopic (exact) mass is 371 g/mol. The Kier molecular flexibility index (Phi) is 6.36. The third-order valence-corrected chi connectivity index (χ3v) is 6.51. The van der Waals surface area contributed by atoms with Crippen molar-refractivity contribution in [3.05, 3.63) is 28.3 Å². The Bertz CT molecular complexity index is 715. The first kappa shape index (κ1) is 19.6. The van der Waals surface area contributed by atoms with Gasteiger partial charge in [0.05, 0.1) is 43.0 Å². The van der Waals surface area contributed by atoms with E-state index in [1.54, 1.807) is 18.0 Å². The minimum Gasteiger partial charge on any atom is -0.369 e. The van der Waals surface area contributed by atoms with Crippen LogP contribution in [-0.2, 0) is 10.0 Å². The second-order valence-corrected chi connectivity index (χ2v) is 8.48. The average Bonchev–Trinajstić information content (AvgIpc) is 2.59. The van der Waals surface area contributed by atoms with E-state index in [1.165, 1.54) is 21.3 Å². The van der Waals surface area contributed by atoms with Crippen LogP contribution in [0.5, 0.6) is 0 Å². The van der Waals surface area contributed by atoms with Crippen molar-refractivity contribution in [1.82, 2.24) is 4.31 Å². The molecule has 0 radical (unpaired) electrons. The molecule has 0 amide bonds. The fraction of sp³-hybridized carbons (Fsp3) is 0.625. The van der Waals surface area contributed by atoms with E-state index in [-0.39, 0.29) is 10.6 Å². The molecule has 1 saturated heterocycles. The lowest BCUT2D eigenvalue weighted by Gasteiger charge is -2.29. The van der Waals surface area contributed by atoms with Crippen molar-refractivity contribution in [2.75, 3.05) is 51.7 Å². The smallest absolute Gasteiger partial charge is 0.293 e. The first-order valence-electron chi connectivity index (χ1n) is 8.58. The molecular formula is C16H27N4O4S+. The Morgan fingerprint density at radius 3 is 2.52 bits per heavy atom. The van der Waals surface area contributed by atoms with E-state index in [2.05, 4.69) is 6.92 Å². The van der Waals surface area contributed by atoms with E-state index < -0.39 is 14.9 Å². The Labute approximate surface area is 149 Å². The molecule has 0 aromatic heterocycles. The van der Waals surface area contributed by atoms with Gasteiger partial charge in [0.1, 0.15) is 5.69 Å². The fourth-order valence-electron chi connectivity index (χ4n) is 2.91. The van der Waals surface area contributed by atoms with Crippen molar-refractivity contribution in [2.45, 2.75) is 24.7 Å². The topological polar surface area (TPSA) is 88.2 Å². The molecule has 9 heteroatoms. The minimum absolute atomic E-state index is 0.00797. The highest BCUT2D eigenvalue weighted by Crippen LogP contribution is 2.31. The number of sulfonamides is 1. The molecule has 1 fully saturated rings. The van der Waals surface area contributed by atoms with E-state index in [1.807, 2.05) is 7.05 Å². The summed E-state index contributed by atoms with van der Waals surface area (Å²) >= 11 is 0. The number of hydrogen-bond donors (Lipinski definition) is 1. The summed E-state index contributed by atoms with van der Waals surface area (Å²) in [5.74, 6) is 0. The van der Waals surface area contributed by atoms with Crippen molar-refractivity contribution < 1.29 is 18.2 Å². The second kappa shape index (κ2) is 8.11. The number of anilines is 1. The molecule has 1 heterocycles. The highest BCUT2D eigenvalue weighted by atomic mass is 32.2. The summed E-state index contributed by atoms with van der Waals surface area (Å²) in [6.45, 7) is 5.07. The maximum absolute atomic E-state index is 12.8. The third-order valence-electron chi connectivity index (χ3n) is 4.62. The van der Waals surface area contributed by atoms with Crippen LogP contribution >= 0.6 is 0 Å². The lowest BCUT2D eigenvalue weighted by Crippen LogP contribution is -3.12. The van der Waals surface area contributed by atoms with E-state index in [0.29, 0.717) is 25.3 Å². The molecule has 0 aliphatic carbocycles. The Balaban J connectivity index is 2.33. The quantitative estimate of drug-likeness (QED) is 0.552. The van der Waals surface area contributed by atoms with Gasteiger partial charge in [0.2, 0.25) is 10.0 Å². The summed E-state index contributed by atoms with van der Waals surface area (Å²) in [5, 5.41) is 11.5. The van der Waals surface area contributed by atoms with Gasteiger partial charge in [-0.2, -0.15) is 4.31 Å². The van der Waals surface area contributed by atoms with Gasteiger partial charge in [-0.1, -0.05) is 13.3 Å². The molecule has 25 heavy (non-hydrogen) atoms. The van der Waals surface area contributed by atoms with Crippen LogP contribution in [-0.4, -0.2) is 64.5 Å². The van der Waals surface area contributed by atoms with Crippen LogP contribution in [0.3, 0.4) is 0 Å². The van der Waals surface area contributed by atoms with Gasteiger partial charge >= 0.3 is 0 Å². The third kappa shape index (κ3) is 4.47. The number of quaternary nitrogens is 1. The number of unbranched alkanes of at least 4 members (excludes halogenated alkanes) is 1. The van der Waals surface area contributed by atoms with Crippen LogP contribution in [0, 0.1) is 10.1 Å². The van der Waals surface area contributed by atoms with Crippen molar-refractivity contribution in [2.24, 2.45) is 0 Å². The highest BCUT2D eigenvalue weighted by molar-refractivity contribution is 7.89. The molecule has 140 valence electrons. The van der Waals surface area contributed by atoms with Gasteiger partial charge < -0.3 is 9.80 Å². The van der Waals surface area contributed by atoms with Gasteiger partial charge in [-0.05, 0) is 18.6 Å². The summed E-state index contributed by atoms with van der Waals surface area (Å²) in [7, 11) is 0.107. The zero-order valence-electron chi connectivity index (χ0n) is 15.1. The lowest BCUT2D eigenvalue weighted by atomic mass is 10.2. The normalized spacial score (nSPS) is 16.8. The Morgan fingerprint density at radius 2 is 1.96 bits per heavy atom. The average molecular weight is 371 g/mol. The molecule has 0 saturated carbocycles. The first-order chi connectivity index (χ1) is 11.8. The number of nitrogens with zero attached hydrogens (tertiary/aromatic N) is 3.